The number of aliphatic hydroxyl groups excluding tert-OH is 1. The van der Waals surface area contributed by atoms with Gasteiger partial charge in [-0.15, -0.1) is 11.3 Å². The molecule has 166 valence electrons. The highest BCUT2D eigenvalue weighted by Gasteiger charge is 2.31. The smallest absolute Gasteiger partial charge is 0.288 e. The second-order valence-corrected chi connectivity index (χ2v) is 9.26. The maximum Gasteiger partial charge on any atom is 0.288 e. The summed E-state index contributed by atoms with van der Waals surface area (Å²) in [6.45, 7) is 2.03. The number of benzene rings is 1. The summed E-state index contributed by atoms with van der Waals surface area (Å²) in [5, 5.41) is 11.3. The number of carbonyl (C=O) groups excluding carboxylic acids is 1. The molecule has 0 bridgehead atoms. The van der Waals surface area contributed by atoms with Gasteiger partial charge >= 0.3 is 0 Å². The van der Waals surface area contributed by atoms with Crippen molar-refractivity contribution in [1.82, 2.24) is 4.90 Å². The third-order valence-electron chi connectivity index (χ3n) is 5.96. The predicted octanol–water partition coefficient (Wildman–Crippen LogP) is 4.96. The first-order chi connectivity index (χ1) is 15.2. The van der Waals surface area contributed by atoms with Crippen LogP contribution in [0.2, 0.25) is 0 Å². The van der Waals surface area contributed by atoms with Crippen molar-refractivity contribution in [3.63, 3.8) is 0 Å². The Hall–Kier alpha value is -2.15. The lowest BCUT2D eigenvalue weighted by Gasteiger charge is -2.32. The van der Waals surface area contributed by atoms with Gasteiger partial charge in [0.1, 0.15) is 0 Å². The van der Waals surface area contributed by atoms with Crippen molar-refractivity contribution in [3.8, 4) is 0 Å². The van der Waals surface area contributed by atoms with E-state index in [0.717, 1.165) is 37.1 Å². The van der Waals surface area contributed by atoms with Gasteiger partial charge in [0, 0.05) is 30.3 Å². The first-order valence-corrected chi connectivity index (χ1v) is 12.1. The molecule has 2 atom stereocenters. The molecule has 2 aliphatic rings. The van der Waals surface area contributed by atoms with Crippen molar-refractivity contribution in [2.45, 2.75) is 63.9 Å². The van der Waals surface area contributed by atoms with Crippen LogP contribution in [0.3, 0.4) is 0 Å². The van der Waals surface area contributed by atoms with Gasteiger partial charge in [-0.25, -0.2) is 0 Å². The van der Waals surface area contributed by atoms with Crippen LogP contribution in [0.5, 0.6) is 0 Å². The zero-order valence-corrected chi connectivity index (χ0v) is 18.7. The van der Waals surface area contributed by atoms with Crippen LogP contribution in [0.4, 0.5) is 0 Å². The first kappa shape index (κ1) is 22.1. The number of likely N-dealkylation sites (tertiary alicyclic amines) is 1. The summed E-state index contributed by atoms with van der Waals surface area (Å²) in [6.07, 6.45) is 7.94. The number of thiophene rings is 1. The summed E-state index contributed by atoms with van der Waals surface area (Å²) in [6, 6.07) is 11.8. The maximum absolute atomic E-state index is 13.3. The maximum atomic E-state index is 13.3. The van der Waals surface area contributed by atoms with E-state index < -0.39 is 6.29 Å². The second kappa shape index (κ2) is 10.9. The van der Waals surface area contributed by atoms with Gasteiger partial charge in [0.2, 0.25) is 6.29 Å². The van der Waals surface area contributed by atoms with Gasteiger partial charge in [0.25, 0.3) is 5.91 Å². The molecule has 1 amide bonds. The molecule has 0 spiro atoms. The third kappa shape index (κ3) is 5.97. The van der Waals surface area contributed by atoms with E-state index in [2.05, 4.69) is 11.4 Å². The lowest BCUT2D eigenvalue weighted by Crippen LogP contribution is -2.38. The summed E-state index contributed by atoms with van der Waals surface area (Å²) >= 11 is 1.70. The Morgan fingerprint density at radius 3 is 2.45 bits per heavy atom. The Kier molecular flexibility index (Phi) is 7.78. The Balaban J connectivity index is 1.46. The van der Waals surface area contributed by atoms with Crippen LogP contribution in [0.25, 0.3) is 0 Å². The van der Waals surface area contributed by atoms with Gasteiger partial charge in [-0.2, -0.15) is 0 Å². The van der Waals surface area contributed by atoms with Gasteiger partial charge in [-0.1, -0.05) is 49.6 Å². The van der Waals surface area contributed by atoms with Crippen LogP contribution in [-0.4, -0.2) is 35.3 Å². The van der Waals surface area contributed by atoms with Crippen LogP contribution in [0.15, 0.2) is 53.6 Å². The molecule has 2 aromatic rings. The highest BCUT2D eigenvalue weighted by Crippen LogP contribution is 2.34. The van der Waals surface area contributed by atoms with E-state index in [0.29, 0.717) is 18.8 Å². The Morgan fingerprint density at radius 2 is 1.77 bits per heavy atom. The van der Waals surface area contributed by atoms with Crippen LogP contribution in [0.1, 0.15) is 60.4 Å². The van der Waals surface area contributed by atoms with E-state index in [1.807, 2.05) is 41.3 Å². The van der Waals surface area contributed by atoms with Crippen molar-refractivity contribution < 1.29 is 19.4 Å². The summed E-state index contributed by atoms with van der Waals surface area (Å²) in [7, 11) is 0. The third-order valence-corrected chi connectivity index (χ3v) is 6.97. The van der Waals surface area contributed by atoms with Crippen molar-refractivity contribution >= 4 is 17.2 Å². The van der Waals surface area contributed by atoms with E-state index >= 15 is 0 Å². The fourth-order valence-corrected chi connectivity index (χ4v) is 4.96. The minimum absolute atomic E-state index is 0.0101. The summed E-state index contributed by atoms with van der Waals surface area (Å²) in [5.74, 6) is 0.527. The number of amides is 1. The van der Waals surface area contributed by atoms with Crippen molar-refractivity contribution in [3.05, 3.63) is 69.6 Å². The molecule has 2 aliphatic heterocycles. The fourth-order valence-electron chi connectivity index (χ4n) is 4.15. The molecule has 3 heterocycles. The minimum atomic E-state index is -0.469. The summed E-state index contributed by atoms with van der Waals surface area (Å²) in [4.78, 5) is 16.5. The number of aliphatic hydroxyl groups is 1. The van der Waals surface area contributed by atoms with Crippen molar-refractivity contribution in [1.29, 1.82) is 0 Å². The quantitative estimate of drug-likeness (QED) is 0.688. The van der Waals surface area contributed by atoms with Gasteiger partial charge < -0.3 is 19.5 Å². The SMILES string of the molecule is O=C(C1=C[C@@H](c2cccs2)C[C@@H](OCc2ccc(CO)cc2)O1)N1CCCCCCC1. The van der Waals surface area contributed by atoms with Gasteiger partial charge in [-0.3, -0.25) is 4.79 Å². The van der Waals surface area contributed by atoms with Crippen LogP contribution in [-0.2, 0) is 27.5 Å². The normalized spacial score (nSPS) is 22.2. The lowest BCUT2D eigenvalue weighted by molar-refractivity contribution is -0.156. The number of nitrogens with zero attached hydrogens (tertiary/aromatic N) is 1. The van der Waals surface area contributed by atoms with E-state index in [4.69, 9.17) is 9.47 Å². The molecule has 0 radical (unpaired) electrons. The minimum Gasteiger partial charge on any atom is -0.459 e. The molecule has 1 aromatic heterocycles. The molecule has 0 saturated carbocycles. The van der Waals surface area contributed by atoms with E-state index in [1.165, 1.54) is 24.1 Å². The number of carbonyl (C=O) groups is 1. The van der Waals surface area contributed by atoms with Crippen LogP contribution in [0, 0.1) is 0 Å². The standard InChI is InChI=1S/C25H31NO4S/c27-17-19-8-10-20(11-9-19)18-29-24-16-21(23-7-6-14-31-23)15-22(30-24)25(28)26-12-4-2-1-3-5-13-26/h6-11,14-15,21,24,27H,1-5,12-13,16-18H2/t21-,24+/m1/s1. The Morgan fingerprint density at radius 1 is 1.06 bits per heavy atom. The van der Waals surface area contributed by atoms with Crippen molar-refractivity contribution in [2.24, 2.45) is 0 Å². The fraction of sp³-hybridized carbons (Fsp3) is 0.480. The predicted molar refractivity (Wildman–Crippen MR) is 121 cm³/mol. The average Bonchev–Trinajstić information content (AvgIpc) is 3.32. The number of rotatable bonds is 6. The summed E-state index contributed by atoms with van der Waals surface area (Å²) in [5.41, 5.74) is 1.89. The molecule has 5 nitrogen and oxygen atoms in total. The van der Waals surface area contributed by atoms with Crippen molar-refractivity contribution in [2.75, 3.05) is 13.1 Å². The largest absolute Gasteiger partial charge is 0.459 e. The molecule has 1 aromatic carbocycles. The molecule has 4 rings (SSSR count). The summed E-state index contributed by atoms with van der Waals surface area (Å²) < 4.78 is 12.2. The highest BCUT2D eigenvalue weighted by atomic mass is 32.1. The Bertz CT molecular complexity index is 854. The zero-order valence-electron chi connectivity index (χ0n) is 17.9. The molecule has 0 unspecified atom stereocenters. The topological polar surface area (TPSA) is 59.0 Å². The molecule has 1 N–H and O–H groups in total. The van der Waals surface area contributed by atoms with Crippen LogP contribution < -0.4 is 0 Å². The van der Waals surface area contributed by atoms with E-state index in [-0.39, 0.29) is 18.4 Å². The number of ether oxygens (including phenoxy) is 2. The van der Waals surface area contributed by atoms with Gasteiger partial charge in [-0.05, 0) is 41.5 Å². The monoisotopic (exact) mass is 441 g/mol. The van der Waals surface area contributed by atoms with Crippen LogP contribution >= 0.6 is 11.3 Å². The van der Waals surface area contributed by atoms with Gasteiger partial charge in [0.05, 0.1) is 13.2 Å². The molecule has 6 heteroatoms. The lowest BCUT2D eigenvalue weighted by atomic mass is 9.99. The van der Waals surface area contributed by atoms with E-state index in [1.54, 1.807) is 11.3 Å². The molecule has 1 fully saturated rings. The average molecular weight is 442 g/mol. The number of allylic oxidation sites excluding steroid dienone is 1. The van der Waals surface area contributed by atoms with Gasteiger partial charge in [0.15, 0.2) is 5.76 Å². The second-order valence-electron chi connectivity index (χ2n) is 8.28. The zero-order chi connectivity index (χ0) is 21.5. The van der Waals surface area contributed by atoms with E-state index in [9.17, 15) is 9.90 Å². The number of hydrogen-bond acceptors (Lipinski definition) is 5. The molecule has 1 saturated heterocycles. The molecule has 31 heavy (non-hydrogen) atoms. The molecule has 0 aliphatic carbocycles. The first-order valence-electron chi connectivity index (χ1n) is 11.2. The molecular formula is C25H31NO4S. The Labute approximate surface area is 188 Å². The number of hydrogen-bond donors (Lipinski definition) is 1. The highest BCUT2D eigenvalue weighted by molar-refractivity contribution is 7.10. The molecular weight excluding hydrogens is 410 g/mol.